The van der Waals surface area contributed by atoms with E-state index in [0.717, 1.165) is 17.9 Å². The number of aliphatic hydroxyl groups is 1. The molecule has 1 saturated heterocycles. The molecule has 2 aliphatic heterocycles. The van der Waals surface area contributed by atoms with E-state index in [0.29, 0.717) is 18.7 Å². The first-order valence-corrected chi connectivity index (χ1v) is 8.79. The first-order chi connectivity index (χ1) is 12.1. The number of likely N-dealkylation sites (N-methyl/N-ethyl adjacent to an activating group) is 1. The van der Waals surface area contributed by atoms with Gasteiger partial charge in [-0.15, -0.1) is 0 Å². The number of likely N-dealkylation sites (tertiary alicyclic amines) is 1. The summed E-state index contributed by atoms with van der Waals surface area (Å²) in [6.07, 6.45) is -0.0415. The van der Waals surface area contributed by atoms with Gasteiger partial charge < -0.3 is 26.2 Å². The molecule has 0 aromatic carbocycles. The standard InChI is InChI=1S/C17H28N4O5/c1-9-12(8-21-5-4-11(7-21)19-6-13(18)23)15(17(25)26)20(3)16(24)14(9)10(2)22/h9-11,14,19,22H,4-8H2,1-3H3,(H2,18,23)(H,25,26)/t9-,10+,11-,14?/m0/s1. The number of carbonyl (C=O) groups excluding carboxylic acids is 2. The van der Waals surface area contributed by atoms with Crippen molar-refractivity contribution >= 4 is 17.8 Å². The first-order valence-electron chi connectivity index (χ1n) is 8.79. The number of aliphatic hydroxyl groups excluding tert-OH is 1. The van der Waals surface area contributed by atoms with E-state index in [1.54, 1.807) is 13.8 Å². The molecule has 0 radical (unpaired) electrons. The fraction of sp³-hybridized carbons (Fsp3) is 0.706. The molecule has 0 bridgehead atoms. The van der Waals surface area contributed by atoms with Gasteiger partial charge in [0.1, 0.15) is 5.70 Å². The van der Waals surface area contributed by atoms with E-state index in [1.807, 2.05) is 0 Å². The Morgan fingerprint density at radius 3 is 2.62 bits per heavy atom. The van der Waals surface area contributed by atoms with Crippen LogP contribution in [0.1, 0.15) is 20.3 Å². The number of nitrogens with two attached hydrogens (primary N) is 1. The van der Waals surface area contributed by atoms with E-state index >= 15 is 0 Å². The zero-order valence-corrected chi connectivity index (χ0v) is 15.4. The maximum Gasteiger partial charge on any atom is 0.352 e. The van der Waals surface area contributed by atoms with E-state index in [-0.39, 0.29) is 30.1 Å². The molecule has 146 valence electrons. The van der Waals surface area contributed by atoms with Gasteiger partial charge >= 0.3 is 5.97 Å². The van der Waals surface area contributed by atoms with Crippen LogP contribution >= 0.6 is 0 Å². The van der Waals surface area contributed by atoms with Gasteiger partial charge in [0, 0.05) is 32.7 Å². The molecule has 1 fully saturated rings. The molecule has 2 aliphatic rings. The molecule has 2 heterocycles. The van der Waals surface area contributed by atoms with Crippen LogP contribution in [0.25, 0.3) is 0 Å². The van der Waals surface area contributed by atoms with Crippen molar-refractivity contribution in [1.82, 2.24) is 15.1 Å². The summed E-state index contributed by atoms with van der Waals surface area (Å²) in [5.41, 5.74) is 5.78. The van der Waals surface area contributed by atoms with Crippen LogP contribution < -0.4 is 11.1 Å². The average molecular weight is 368 g/mol. The van der Waals surface area contributed by atoms with E-state index < -0.39 is 23.9 Å². The molecule has 2 rings (SSSR count). The molecule has 26 heavy (non-hydrogen) atoms. The average Bonchev–Trinajstić information content (AvgIpc) is 2.97. The lowest BCUT2D eigenvalue weighted by atomic mass is 9.78. The topological polar surface area (TPSA) is 136 Å². The van der Waals surface area contributed by atoms with Crippen LogP contribution in [0.15, 0.2) is 11.3 Å². The maximum absolute atomic E-state index is 12.5. The smallest absolute Gasteiger partial charge is 0.352 e. The first kappa shape index (κ1) is 20.3. The largest absolute Gasteiger partial charge is 0.477 e. The van der Waals surface area contributed by atoms with Gasteiger partial charge in [0.2, 0.25) is 11.8 Å². The number of nitrogens with zero attached hydrogens (tertiary/aromatic N) is 2. The monoisotopic (exact) mass is 368 g/mol. The van der Waals surface area contributed by atoms with Crippen molar-refractivity contribution in [3.63, 3.8) is 0 Å². The summed E-state index contributed by atoms with van der Waals surface area (Å²) < 4.78 is 0. The minimum Gasteiger partial charge on any atom is -0.477 e. The van der Waals surface area contributed by atoms with Gasteiger partial charge in [-0.25, -0.2) is 4.79 Å². The Hall–Kier alpha value is -1.97. The van der Waals surface area contributed by atoms with Gasteiger partial charge in [-0.1, -0.05) is 6.92 Å². The number of hydrogen-bond acceptors (Lipinski definition) is 6. The quantitative estimate of drug-likeness (QED) is 0.433. The summed E-state index contributed by atoms with van der Waals surface area (Å²) in [5, 5.41) is 22.7. The molecule has 0 aromatic rings. The molecular weight excluding hydrogens is 340 g/mol. The number of carbonyl (C=O) groups is 3. The minimum atomic E-state index is -1.14. The second-order valence-electron chi connectivity index (χ2n) is 7.20. The second kappa shape index (κ2) is 8.15. The molecule has 0 saturated carbocycles. The van der Waals surface area contributed by atoms with E-state index in [4.69, 9.17) is 5.73 Å². The molecule has 0 aliphatic carbocycles. The highest BCUT2D eigenvalue weighted by atomic mass is 16.4. The Balaban J connectivity index is 2.19. The molecule has 9 heteroatoms. The third kappa shape index (κ3) is 4.22. The molecule has 2 amide bonds. The number of carboxylic acid groups (broad SMARTS) is 1. The molecule has 1 unspecified atom stereocenters. The van der Waals surface area contributed by atoms with Crippen molar-refractivity contribution in [3.8, 4) is 0 Å². The molecule has 9 nitrogen and oxygen atoms in total. The van der Waals surface area contributed by atoms with Gasteiger partial charge in [-0.3, -0.25) is 14.5 Å². The van der Waals surface area contributed by atoms with Crippen LogP contribution in [0.4, 0.5) is 0 Å². The third-order valence-electron chi connectivity index (χ3n) is 5.30. The van der Waals surface area contributed by atoms with E-state index in [2.05, 4.69) is 10.2 Å². The Bertz CT molecular complexity index is 618. The summed E-state index contributed by atoms with van der Waals surface area (Å²) in [6, 6.07) is 0.113. The SMILES string of the molecule is C[C@@H](O)C1C(=O)N(C)C(C(=O)O)=C(CN2CC[C@H](NCC(N)=O)C2)[C@@H]1C. The molecular formula is C17H28N4O5. The van der Waals surface area contributed by atoms with E-state index in [9.17, 15) is 24.6 Å². The zero-order chi connectivity index (χ0) is 19.6. The summed E-state index contributed by atoms with van der Waals surface area (Å²) in [6.45, 7) is 5.26. The molecule has 0 spiro atoms. The number of aliphatic carboxylic acids is 1. The lowest BCUT2D eigenvalue weighted by Gasteiger charge is -2.39. The number of rotatable bonds is 7. The van der Waals surface area contributed by atoms with Gasteiger partial charge in [0.05, 0.1) is 18.6 Å². The van der Waals surface area contributed by atoms with Crippen LogP contribution in [0.5, 0.6) is 0 Å². The highest BCUT2D eigenvalue weighted by Gasteiger charge is 2.43. The van der Waals surface area contributed by atoms with Crippen molar-refractivity contribution in [2.24, 2.45) is 17.6 Å². The van der Waals surface area contributed by atoms with Crippen molar-refractivity contribution in [1.29, 1.82) is 0 Å². The minimum absolute atomic E-state index is 0.00653. The predicted octanol–water partition coefficient (Wildman–Crippen LogP) is -1.42. The van der Waals surface area contributed by atoms with Crippen LogP contribution in [0, 0.1) is 11.8 Å². The Morgan fingerprint density at radius 2 is 2.08 bits per heavy atom. The van der Waals surface area contributed by atoms with Crippen molar-refractivity contribution in [2.45, 2.75) is 32.4 Å². The number of amides is 2. The zero-order valence-electron chi connectivity index (χ0n) is 15.4. The number of carboxylic acids is 1. The Kier molecular flexibility index (Phi) is 6.38. The van der Waals surface area contributed by atoms with Gasteiger partial charge in [0.15, 0.2) is 0 Å². The predicted molar refractivity (Wildman–Crippen MR) is 93.8 cm³/mol. The fourth-order valence-corrected chi connectivity index (χ4v) is 3.95. The Labute approximate surface area is 152 Å². The van der Waals surface area contributed by atoms with Crippen LogP contribution in [-0.2, 0) is 14.4 Å². The number of primary amides is 1. The van der Waals surface area contributed by atoms with E-state index in [1.165, 1.54) is 7.05 Å². The van der Waals surface area contributed by atoms with Crippen LogP contribution in [0.3, 0.4) is 0 Å². The molecule has 4 atom stereocenters. The highest BCUT2D eigenvalue weighted by molar-refractivity contribution is 5.96. The third-order valence-corrected chi connectivity index (χ3v) is 5.30. The number of hydrogen-bond donors (Lipinski definition) is 4. The van der Waals surface area contributed by atoms with Crippen LogP contribution in [0.2, 0.25) is 0 Å². The second-order valence-corrected chi connectivity index (χ2v) is 7.20. The van der Waals surface area contributed by atoms with Crippen molar-refractivity contribution in [3.05, 3.63) is 11.3 Å². The normalized spacial score (nSPS) is 28.5. The van der Waals surface area contributed by atoms with Gasteiger partial charge in [-0.05, 0) is 24.8 Å². The Morgan fingerprint density at radius 1 is 1.42 bits per heavy atom. The lowest BCUT2D eigenvalue weighted by Crippen LogP contribution is -2.49. The van der Waals surface area contributed by atoms with Crippen molar-refractivity contribution < 1.29 is 24.6 Å². The summed E-state index contributed by atoms with van der Waals surface area (Å²) in [4.78, 5) is 38.4. The fourth-order valence-electron chi connectivity index (χ4n) is 3.95. The summed E-state index contributed by atoms with van der Waals surface area (Å²) in [7, 11) is 1.44. The lowest BCUT2D eigenvalue weighted by molar-refractivity contribution is -0.145. The summed E-state index contributed by atoms with van der Waals surface area (Å²) in [5.74, 6) is -2.97. The van der Waals surface area contributed by atoms with Gasteiger partial charge in [0.25, 0.3) is 0 Å². The van der Waals surface area contributed by atoms with Crippen molar-refractivity contribution in [2.75, 3.05) is 33.2 Å². The molecule has 5 N–H and O–H groups in total. The van der Waals surface area contributed by atoms with Crippen LogP contribution in [-0.4, -0.2) is 83.2 Å². The maximum atomic E-state index is 12.5. The summed E-state index contributed by atoms with van der Waals surface area (Å²) >= 11 is 0. The number of nitrogens with one attached hydrogen (secondary N) is 1. The van der Waals surface area contributed by atoms with Gasteiger partial charge in [-0.2, -0.15) is 0 Å². The highest BCUT2D eigenvalue weighted by Crippen LogP contribution is 2.35. The molecule has 0 aromatic heterocycles.